The standard InChI is InChI=1S/C28H30N4O4/c1-16(2)10-11-31-13-20-25(18-6-4-7-19(12-18)36-15-24(29)34)27-22(14-32(17(3)33)28(27)35)30-21-8-5-9-23(31)26(20)21/h4-9,12-13,16,25,30H,10-11,14-15H2,1-3H3,(H2,29,34)/t25-/m0/s1. The topological polar surface area (TPSA) is 107 Å². The van der Waals surface area contributed by atoms with Crippen molar-refractivity contribution in [2.75, 3.05) is 18.5 Å². The Bertz CT molecular complexity index is 1420. The molecule has 1 aromatic heterocycles. The van der Waals surface area contributed by atoms with Crippen LogP contribution in [0.15, 0.2) is 59.9 Å². The fraction of sp³-hybridized carbons (Fsp3) is 0.321. The third-order valence-corrected chi connectivity index (χ3v) is 6.84. The van der Waals surface area contributed by atoms with E-state index in [1.54, 1.807) is 6.07 Å². The van der Waals surface area contributed by atoms with E-state index in [0.717, 1.165) is 46.4 Å². The SMILES string of the molecule is CC(=O)N1CC2=C(C1=O)[C@@H](c1cccc(OCC(N)=O)c1)c1cn(CCC(C)C)c3cccc(c13)N2. The minimum Gasteiger partial charge on any atom is -0.484 e. The molecule has 8 nitrogen and oxygen atoms in total. The summed E-state index contributed by atoms with van der Waals surface area (Å²) < 4.78 is 7.83. The van der Waals surface area contributed by atoms with E-state index >= 15 is 0 Å². The number of ether oxygens (including phenoxy) is 1. The normalized spacial score (nSPS) is 16.8. The van der Waals surface area contributed by atoms with Gasteiger partial charge in [0.25, 0.3) is 11.8 Å². The average molecular weight is 487 g/mol. The molecule has 0 spiro atoms. The van der Waals surface area contributed by atoms with E-state index in [2.05, 4.69) is 36.0 Å². The van der Waals surface area contributed by atoms with Crippen molar-refractivity contribution in [2.45, 2.75) is 39.7 Å². The van der Waals surface area contributed by atoms with Crippen molar-refractivity contribution in [1.29, 1.82) is 0 Å². The van der Waals surface area contributed by atoms with Crippen molar-refractivity contribution in [1.82, 2.24) is 9.47 Å². The van der Waals surface area contributed by atoms with Crippen LogP contribution in [0.4, 0.5) is 5.69 Å². The maximum Gasteiger partial charge on any atom is 0.259 e. The van der Waals surface area contributed by atoms with Crippen LogP contribution in [0.5, 0.6) is 5.75 Å². The zero-order valence-electron chi connectivity index (χ0n) is 20.7. The van der Waals surface area contributed by atoms with Gasteiger partial charge in [0.15, 0.2) is 6.61 Å². The summed E-state index contributed by atoms with van der Waals surface area (Å²) in [6.45, 7) is 6.63. The van der Waals surface area contributed by atoms with E-state index in [4.69, 9.17) is 10.5 Å². The highest BCUT2D eigenvalue weighted by Gasteiger charge is 2.41. The molecule has 2 aliphatic heterocycles. The molecule has 3 heterocycles. The molecule has 3 N–H and O–H groups in total. The average Bonchev–Trinajstić information content (AvgIpc) is 3.31. The van der Waals surface area contributed by atoms with Crippen LogP contribution in [0.25, 0.3) is 10.9 Å². The van der Waals surface area contributed by atoms with Crippen LogP contribution in [0.1, 0.15) is 44.2 Å². The summed E-state index contributed by atoms with van der Waals surface area (Å²) in [7, 11) is 0. The molecule has 8 heteroatoms. The summed E-state index contributed by atoms with van der Waals surface area (Å²) >= 11 is 0. The van der Waals surface area contributed by atoms with E-state index in [-0.39, 0.29) is 25.0 Å². The summed E-state index contributed by atoms with van der Waals surface area (Å²) in [5.74, 6) is -0.541. The van der Waals surface area contributed by atoms with Gasteiger partial charge in [0, 0.05) is 42.4 Å². The molecule has 3 amide bonds. The molecule has 186 valence electrons. The van der Waals surface area contributed by atoms with Gasteiger partial charge in [-0.15, -0.1) is 0 Å². The van der Waals surface area contributed by atoms with Crippen molar-refractivity contribution in [3.63, 3.8) is 0 Å². The van der Waals surface area contributed by atoms with Crippen LogP contribution in [0.2, 0.25) is 0 Å². The summed E-state index contributed by atoms with van der Waals surface area (Å²) in [6, 6.07) is 13.5. The monoisotopic (exact) mass is 486 g/mol. The number of primary amides is 1. The Labute approximate surface area is 209 Å². The Balaban J connectivity index is 1.70. The third kappa shape index (κ3) is 4.12. The van der Waals surface area contributed by atoms with Crippen LogP contribution in [-0.2, 0) is 20.9 Å². The van der Waals surface area contributed by atoms with Crippen LogP contribution < -0.4 is 15.8 Å². The number of carbonyl (C=O) groups is 3. The van der Waals surface area contributed by atoms with Crippen molar-refractivity contribution in [3.8, 4) is 5.75 Å². The molecule has 5 rings (SSSR count). The van der Waals surface area contributed by atoms with Gasteiger partial charge in [-0.3, -0.25) is 19.3 Å². The second kappa shape index (κ2) is 9.18. The molecule has 3 aromatic rings. The highest BCUT2D eigenvalue weighted by Crippen LogP contribution is 2.47. The Morgan fingerprint density at radius 2 is 1.97 bits per heavy atom. The minimum absolute atomic E-state index is 0.200. The zero-order chi connectivity index (χ0) is 25.6. The van der Waals surface area contributed by atoms with Gasteiger partial charge < -0.3 is 20.4 Å². The van der Waals surface area contributed by atoms with E-state index in [1.165, 1.54) is 11.8 Å². The quantitative estimate of drug-likeness (QED) is 0.529. The van der Waals surface area contributed by atoms with E-state index in [9.17, 15) is 14.4 Å². The van der Waals surface area contributed by atoms with Crippen molar-refractivity contribution < 1.29 is 19.1 Å². The lowest BCUT2D eigenvalue weighted by atomic mass is 9.84. The first-order valence-corrected chi connectivity index (χ1v) is 12.2. The number of carbonyl (C=O) groups excluding carboxylic acids is 3. The van der Waals surface area contributed by atoms with Crippen molar-refractivity contribution in [3.05, 3.63) is 71.1 Å². The van der Waals surface area contributed by atoms with Crippen molar-refractivity contribution in [2.24, 2.45) is 11.7 Å². The minimum atomic E-state index is -0.565. The molecule has 36 heavy (non-hydrogen) atoms. The molecule has 0 bridgehead atoms. The van der Waals surface area contributed by atoms with Gasteiger partial charge in [-0.25, -0.2) is 0 Å². The lowest BCUT2D eigenvalue weighted by molar-refractivity contribution is -0.139. The first-order chi connectivity index (χ1) is 17.2. The lowest BCUT2D eigenvalue weighted by Gasteiger charge is -2.20. The van der Waals surface area contributed by atoms with E-state index in [0.29, 0.717) is 17.2 Å². The molecule has 2 aromatic carbocycles. The number of rotatable bonds is 7. The van der Waals surface area contributed by atoms with Gasteiger partial charge in [-0.05, 0) is 47.7 Å². The predicted molar refractivity (Wildman–Crippen MR) is 137 cm³/mol. The number of imide groups is 1. The summed E-state index contributed by atoms with van der Waals surface area (Å²) in [4.78, 5) is 38.5. The number of nitrogens with two attached hydrogens (primary N) is 1. The number of nitrogens with zero attached hydrogens (tertiary/aromatic N) is 2. The maximum atomic E-state index is 13.6. The third-order valence-electron chi connectivity index (χ3n) is 6.84. The van der Waals surface area contributed by atoms with Crippen LogP contribution >= 0.6 is 0 Å². The largest absolute Gasteiger partial charge is 0.484 e. The fourth-order valence-electron chi connectivity index (χ4n) is 5.14. The van der Waals surface area contributed by atoms with Gasteiger partial charge in [0.05, 0.1) is 17.6 Å². The van der Waals surface area contributed by atoms with Gasteiger partial charge in [-0.1, -0.05) is 32.0 Å². The number of benzene rings is 2. The first kappa shape index (κ1) is 23.7. The summed E-state index contributed by atoms with van der Waals surface area (Å²) in [5, 5.41) is 4.55. The van der Waals surface area contributed by atoms with Gasteiger partial charge in [0.1, 0.15) is 5.75 Å². The number of anilines is 1. The van der Waals surface area contributed by atoms with E-state index < -0.39 is 11.8 Å². The molecule has 1 atom stereocenters. The van der Waals surface area contributed by atoms with Crippen molar-refractivity contribution >= 4 is 34.3 Å². The maximum absolute atomic E-state index is 13.6. The molecule has 0 saturated carbocycles. The smallest absolute Gasteiger partial charge is 0.259 e. The highest BCUT2D eigenvalue weighted by atomic mass is 16.5. The van der Waals surface area contributed by atoms with Crippen LogP contribution in [0.3, 0.4) is 0 Å². The Kier molecular flexibility index (Phi) is 6.04. The Morgan fingerprint density at radius 3 is 2.69 bits per heavy atom. The fourth-order valence-corrected chi connectivity index (χ4v) is 5.14. The van der Waals surface area contributed by atoms with Crippen LogP contribution in [0, 0.1) is 5.92 Å². The Morgan fingerprint density at radius 1 is 1.19 bits per heavy atom. The first-order valence-electron chi connectivity index (χ1n) is 12.2. The number of hydrogen-bond acceptors (Lipinski definition) is 5. The predicted octanol–water partition coefficient (Wildman–Crippen LogP) is 3.75. The second-order valence-electron chi connectivity index (χ2n) is 9.85. The van der Waals surface area contributed by atoms with Gasteiger partial charge in [-0.2, -0.15) is 0 Å². The highest BCUT2D eigenvalue weighted by molar-refractivity contribution is 6.11. The number of nitrogens with one attached hydrogen (secondary N) is 1. The van der Waals surface area contributed by atoms with E-state index in [1.807, 2.05) is 30.3 Å². The molecular formula is C28H30N4O4. The van der Waals surface area contributed by atoms with Crippen LogP contribution in [-0.4, -0.2) is 40.3 Å². The zero-order valence-corrected chi connectivity index (χ0v) is 20.7. The second-order valence-corrected chi connectivity index (χ2v) is 9.85. The van der Waals surface area contributed by atoms with Gasteiger partial charge in [0.2, 0.25) is 5.91 Å². The number of aryl methyl sites for hydroxylation is 1. The molecular weight excluding hydrogens is 456 g/mol. The molecule has 2 aliphatic rings. The molecule has 0 fully saturated rings. The molecule has 0 unspecified atom stereocenters. The number of amides is 3. The molecule has 0 aliphatic carbocycles. The molecule has 0 saturated heterocycles. The summed E-state index contributed by atoms with van der Waals surface area (Å²) in [6.07, 6.45) is 3.16. The molecule has 0 radical (unpaired) electrons. The Hall–Kier alpha value is -4.07. The lowest BCUT2D eigenvalue weighted by Crippen LogP contribution is -2.33. The summed E-state index contributed by atoms with van der Waals surface area (Å²) in [5.41, 5.74) is 10.4. The van der Waals surface area contributed by atoms with Gasteiger partial charge >= 0.3 is 0 Å². The number of hydrogen-bond donors (Lipinski definition) is 2. The number of aromatic nitrogens is 1.